The highest BCUT2D eigenvalue weighted by Crippen LogP contribution is 2.22. The maximum atomic E-state index is 13.6. The summed E-state index contributed by atoms with van der Waals surface area (Å²) >= 11 is 3.47. The summed E-state index contributed by atoms with van der Waals surface area (Å²) in [6.07, 6.45) is 0. The van der Waals surface area contributed by atoms with Gasteiger partial charge in [0.15, 0.2) is 0 Å². The Kier molecular flexibility index (Phi) is 4.59. The standard InChI is InChI=1S/C16H17BrFN/c1-12-9-15(8-7-13(12)10-17)19(2)11-14-5-3-4-6-16(14)18/h3-9H,10-11H2,1-2H3. The Bertz CT molecular complexity index is 568. The second kappa shape index (κ2) is 6.20. The van der Waals surface area contributed by atoms with Crippen LogP contribution in [0.1, 0.15) is 16.7 Å². The lowest BCUT2D eigenvalue weighted by Crippen LogP contribution is -2.17. The molecule has 3 heteroatoms. The zero-order valence-electron chi connectivity index (χ0n) is 11.2. The molecule has 0 radical (unpaired) electrons. The van der Waals surface area contributed by atoms with Crippen molar-refractivity contribution >= 4 is 21.6 Å². The van der Waals surface area contributed by atoms with E-state index in [0.717, 1.165) is 11.0 Å². The number of anilines is 1. The van der Waals surface area contributed by atoms with Crippen LogP contribution in [-0.4, -0.2) is 7.05 Å². The smallest absolute Gasteiger partial charge is 0.128 e. The van der Waals surface area contributed by atoms with Gasteiger partial charge in [-0.1, -0.05) is 40.2 Å². The van der Waals surface area contributed by atoms with Crippen molar-refractivity contribution in [2.24, 2.45) is 0 Å². The van der Waals surface area contributed by atoms with Gasteiger partial charge in [0.25, 0.3) is 0 Å². The molecule has 0 N–H and O–H groups in total. The van der Waals surface area contributed by atoms with Crippen LogP contribution in [0.15, 0.2) is 42.5 Å². The summed E-state index contributed by atoms with van der Waals surface area (Å²) in [4.78, 5) is 2.06. The molecule has 0 bridgehead atoms. The molecule has 0 amide bonds. The fraction of sp³-hybridized carbons (Fsp3) is 0.250. The van der Waals surface area contributed by atoms with Crippen molar-refractivity contribution in [3.63, 3.8) is 0 Å². The van der Waals surface area contributed by atoms with E-state index in [-0.39, 0.29) is 5.82 Å². The third kappa shape index (κ3) is 3.35. The summed E-state index contributed by atoms with van der Waals surface area (Å²) in [5, 5.41) is 0.857. The third-order valence-electron chi connectivity index (χ3n) is 3.28. The van der Waals surface area contributed by atoms with E-state index in [4.69, 9.17) is 0 Å². The third-order valence-corrected chi connectivity index (χ3v) is 3.88. The maximum Gasteiger partial charge on any atom is 0.128 e. The van der Waals surface area contributed by atoms with Crippen LogP contribution >= 0.6 is 15.9 Å². The highest BCUT2D eigenvalue weighted by Gasteiger charge is 2.07. The molecule has 2 aromatic carbocycles. The number of hydrogen-bond donors (Lipinski definition) is 0. The highest BCUT2D eigenvalue weighted by molar-refractivity contribution is 9.08. The molecular formula is C16H17BrFN. The van der Waals surface area contributed by atoms with E-state index in [1.807, 2.05) is 19.2 Å². The Hall–Kier alpha value is -1.35. The van der Waals surface area contributed by atoms with Crippen molar-refractivity contribution in [3.05, 3.63) is 65.0 Å². The number of nitrogens with zero attached hydrogens (tertiary/aromatic N) is 1. The molecule has 0 aliphatic carbocycles. The summed E-state index contributed by atoms with van der Waals surface area (Å²) in [6.45, 7) is 2.66. The fourth-order valence-corrected chi connectivity index (χ4v) is 2.67. The summed E-state index contributed by atoms with van der Waals surface area (Å²) in [6, 6.07) is 13.2. The normalized spacial score (nSPS) is 10.5. The quantitative estimate of drug-likeness (QED) is 0.740. The van der Waals surface area contributed by atoms with Crippen LogP contribution < -0.4 is 4.90 Å². The summed E-state index contributed by atoms with van der Waals surface area (Å²) in [5.74, 6) is -0.150. The molecule has 2 aromatic rings. The zero-order valence-corrected chi connectivity index (χ0v) is 12.7. The lowest BCUT2D eigenvalue weighted by Gasteiger charge is -2.21. The lowest BCUT2D eigenvalue weighted by atomic mass is 10.1. The molecule has 100 valence electrons. The maximum absolute atomic E-state index is 13.6. The summed E-state index contributed by atoms with van der Waals surface area (Å²) in [5.41, 5.74) is 4.34. The van der Waals surface area contributed by atoms with Gasteiger partial charge in [0, 0.05) is 30.2 Å². The molecule has 19 heavy (non-hydrogen) atoms. The van der Waals surface area contributed by atoms with Crippen LogP contribution in [0.25, 0.3) is 0 Å². The highest BCUT2D eigenvalue weighted by atomic mass is 79.9. The second-order valence-electron chi connectivity index (χ2n) is 4.69. The molecule has 0 aliphatic heterocycles. The van der Waals surface area contributed by atoms with Crippen LogP contribution in [0, 0.1) is 12.7 Å². The monoisotopic (exact) mass is 321 g/mol. The first-order valence-electron chi connectivity index (χ1n) is 6.22. The van der Waals surface area contributed by atoms with E-state index in [9.17, 15) is 4.39 Å². The van der Waals surface area contributed by atoms with Crippen molar-refractivity contribution in [2.75, 3.05) is 11.9 Å². The van der Waals surface area contributed by atoms with E-state index in [0.29, 0.717) is 12.1 Å². The molecule has 0 spiro atoms. The fourth-order valence-electron chi connectivity index (χ4n) is 2.04. The minimum atomic E-state index is -0.150. The number of benzene rings is 2. The van der Waals surface area contributed by atoms with Gasteiger partial charge in [-0.05, 0) is 36.2 Å². The number of halogens is 2. The van der Waals surface area contributed by atoms with Gasteiger partial charge in [0.05, 0.1) is 0 Å². The van der Waals surface area contributed by atoms with Gasteiger partial charge >= 0.3 is 0 Å². The Labute approximate surface area is 122 Å². The SMILES string of the molecule is Cc1cc(N(C)Cc2ccccc2F)ccc1CBr. The predicted octanol–water partition coefficient (Wildman–Crippen LogP) is 4.67. The molecule has 0 unspecified atom stereocenters. The van der Waals surface area contributed by atoms with Crippen molar-refractivity contribution < 1.29 is 4.39 Å². The van der Waals surface area contributed by atoms with E-state index in [1.165, 1.54) is 17.2 Å². The van der Waals surface area contributed by atoms with Crippen molar-refractivity contribution in [2.45, 2.75) is 18.8 Å². The van der Waals surface area contributed by atoms with Gasteiger partial charge in [-0.2, -0.15) is 0 Å². The van der Waals surface area contributed by atoms with Crippen LogP contribution in [-0.2, 0) is 11.9 Å². The van der Waals surface area contributed by atoms with Gasteiger partial charge in [-0.25, -0.2) is 4.39 Å². The Morgan fingerprint density at radius 3 is 2.47 bits per heavy atom. The molecular weight excluding hydrogens is 305 g/mol. The zero-order chi connectivity index (χ0) is 13.8. The van der Waals surface area contributed by atoms with Crippen molar-refractivity contribution in [1.82, 2.24) is 0 Å². The van der Waals surface area contributed by atoms with E-state index in [2.05, 4.69) is 46.0 Å². The molecule has 0 atom stereocenters. The Balaban J connectivity index is 2.18. The van der Waals surface area contributed by atoms with Gasteiger partial charge in [-0.3, -0.25) is 0 Å². The first-order chi connectivity index (χ1) is 9.11. The van der Waals surface area contributed by atoms with E-state index >= 15 is 0 Å². The number of alkyl halides is 1. The molecule has 0 saturated carbocycles. The topological polar surface area (TPSA) is 3.24 Å². The van der Waals surface area contributed by atoms with Crippen LogP contribution in [0.4, 0.5) is 10.1 Å². The predicted molar refractivity (Wildman–Crippen MR) is 82.3 cm³/mol. The Morgan fingerprint density at radius 2 is 1.84 bits per heavy atom. The largest absolute Gasteiger partial charge is 0.370 e. The van der Waals surface area contributed by atoms with Gasteiger partial charge in [0.2, 0.25) is 0 Å². The minimum absolute atomic E-state index is 0.150. The Morgan fingerprint density at radius 1 is 1.11 bits per heavy atom. The number of aryl methyl sites for hydroxylation is 1. The minimum Gasteiger partial charge on any atom is -0.370 e. The summed E-state index contributed by atoms with van der Waals surface area (Å²) in [7, 11) is 1.98. The molecule has 0 heterocycles. The lowest BCUT2D eigenvalue weighted by molar-refractivity contribution is 0.608. The molecule has 1 nitrogen and oxygen atoms in total. The second-order valence-corrected chi connectivity index (χ2v) is 5.25. The molecule has 0 fully saturated rings. The average molecular weight is 322 g/mol. The van der Waals surface area contributed by atoms with Gasteiger partial charge < -0.3 is 4.90 Å². The average Bonchev–Trinajstić information content (AvgIpc) is 2.41. The molecule has 2 rings (SSSR count). The van der Waals surface area contributed by atoms with E-state index in [1.54, 1.807) is 6.07 Å². The molecule has 0 aliphatic rings. The van der Waals surface area contributed by atoms with Crippen molar-refractivity contribution in [1.29, 1.82) is 0 Å². The van der Waals surface area contributed by atoms with E-state index < -0.39 is 0 Å². The van der Waals surface area contributed by atoms with Crippen molar-refractivity contribution in [3.8, 4) is 0 Å². The summed E-state index contributed by atoms with van der Waals surface area (Å²) < 4.78 is 13.6. The van der Waals surface area contributed by atoms with Crippen LogP contribution in [0.2, 0.25) is 0 Å². The molecule has 0 aromatic heterocycles. The van der Waals surface area contributed by atoms with Gasteiger partial charge in [-0.15, -0.1) is 0 Å². The number of rotatable bonds is 4. The van der Waals surface area contributed by atoms with Crippen LogP contribution in [0.5, 0.6) is 0 Å². The van der Waals surface area contributed by atoms with Crippen LogP contribution in [0.3, 0.4) is 0 Å². The van der Waals surface area contributed by atoms with Gasteiger partial charge in [0.1, 0.15) is 5.82 Å². The number of hydrogen-bond acceptors (Lipinski definition) is 1. The first kappa shape index (κ1) is 14.1. The first-order valence-corrected chi connectivity index (χ1v) is 7.34. The molecule has 0 saturated heterocycles.